The first-order valence-electron chi connectivity index (χ1n) is 7.28. The van der Waals surface area contributed by atoms with Crippen molar-refractivity contribution in [2.75, 3.05) is 0 Å². The molecule has 0 N–H and O–H groups in total. The van der Waals surface area contributed by atoms with Crippen LogP contribution in [0.4, 0.5) is 0 Å². The number of hydrogen-bond acceptors (Lipinski definition) is 2. The van der Waals surface area contributed by atoms with Gasteiger partial charge < -0.3 is 0 Å². The lowest BCUT2D eigenvalue weighted by Gasteiger charge is -2.29. The summed E-state index contributed by atoms with van der Waals surface area (Å²) in [6.45, 7) is 0. The molecule has 2 fully saturated rings. The predicted molar refractivity (Wildman–Crippen MR) is 77.5 cm³/mol. The van der Waals surface area contributed by atoms with Gasteiger partial charge in [-0.15, -0.1) is 0 Å². The first-order chi connectivity index (χ1) is 9.66. The van der Waals surface area contributed by atoms with Crippen molar-refractivity contribution < 1.29 is 9.59 Å². The summed E-state index contributed by atoms with van der Waals surface area (Å²) in [7, 11) is 0. The lowest BCUT2D eigenvalue weighted by atomic mass is 9.94. The number of carbonyl (C=O) groups excluding carboxylic acids is 2. The highest BCUT2D eigenvalue weighted by Crippen LogP contribution is 2.34. The average Bonchev–Trinajstić information content (AvgIpc) is 2.76. The van der Waals surface area contributed by atoms with E-state index in [0.29, 0.717) is 11.4 Å². The molecule has 3 rings (SSSR count). The summed E-state index contributed by atoms with van der Waals surface area (Å²) in [5.74, 6) is -0.354. The number of nitrogens with zero attached hydrogens (tertiary/aromatic N) is 1. The number of carbonyl (C=O) groups is 2. The van der Waals surface area contributed by atoms with Gasteiger partial charge in [0.2, 0.25) is 11.8 Å². The zero-order valence-electron chi connectivity index (χ0n) is 11.3. The lowest BCUT2D eigenvalue weighted by Crippen LogP contribution is -2.41. The molecule has 1 heterocycles. The normalized spacial score (nSPS) is 24.4. The molecule has 2 aliphatic rings. The molecule has 0 radical (unpaired) electrons. The van der Waals surface area contributed by atoms with Crippen molar-refractivity contribution in [3.8, 4) is 0 Å². The van der Waals surface area contributed by atoms with E-state index in [4.69, 9.17) is 11.6 Å². The van der Waals surface area contributed by atoms with Crippen LogP contribution in [0.5, 0.6) is 0 Å². The molecule has 1 aliphatic heterocycles. The Morgan fingerprint density at radius 2 is 1.65 bits per heavy atom. The third-order valence-corrected chi connectivity index (χ3v) is 4.65. The van der Waals surface area contributed by atoms with E-state index in [9.17, 15) is 9.59 Å². The minimum absolute atomic E-state index is 0.0122. The molecule has 1 aromatic rings. The van der Waals surface area contributed by atoms with Crippen LogP contribution in [0.15, 0.2) is 24.3 Å². The summed E-state index contributed by atoms with van der Waals surface area (Å²) in [4.78, 5) is 26.3. The summed E-state index contributed by atoms with van der Waals surface area (Å²) in [6.07, 6.45) is 5.68. The van der Waals surface area contributed by atoms with Crippen LogP contribution in [-0.2, 0) is 9.59 Å². The largest absolute Gasteiger partial charge is 0.279 e. The molecule has 20 heavy (non-hydrogen) atoms. The second-order valence-electron chi connectivity index (χ2n) is 5.70. The number of hydrogen-bond donors (Lipinski definition) is 0. The van der Waals surface area contributed by atoms with Crippen molar-refractivity contribution >= 4 is 23.4 Å². The van der Waals surface area contributed by atoms with E-state index in [0.717, 1.165) is 31.2 Å². The number of amides is 2. The van der Waals surface area contributed by atoms with Gasteiger partial charge in [0.05, 0.1) is 5.92 Å². The topological polar surface area (TPSA) is 37.4 Å². The van der Waals surface area contributed by atoms with Gasteiger partial charge in [-0.3, -0.25) is 14.5 Å². The molecule has 0 bridgehead atoms. The molecular weight excluding hydrogens is 274 g/mol. The molecule has 3 nitrogen and oxygen atoms in total. The van der Waals surface area contributed by atoms with Crippen molar-refractivity contribution in [1.29, 1.82) is 0 Å². The SMILES string of the molecule is O=C1CC(c2ccc(Cl)cc2)C(=O)N1C1CCCCC1. The third-order valence-electron chi connectivity index (χ3n) is 4.40. The van der Waals surface area contributed by atoms with Crippen LogP contribution in [0.1, 0.15) is 50.0 Å². The summed E-state index contributed by atoms with van der Waals surface area (Å²) >= 11 is 5.87. The van der Waals surface area contributed by atoms with Crippen LogP contribution in [0.2, 0.25) is 5.02 Å². The van der Waals surface area contributed by atoms with E-state index >= 15 is 0 Å². The summed E-state index contributed by atoms with van der Waals surface area (Å²) < 4.78 is 0. The average molecular weight is 292 g/mol. The lowest BCUT2D eigenvalue weighted by molar-refractivity contribution is -0.142. The Kier molecular flexibility index (Phi) is 3.79. The molecule has 0 aromatic heterocycles. The van der Waals surface area contributed by atoms with Crippen molar-refractivity contribution in [3.05, 3.63) is 34.9 Å². The van der Waals surface area contributed by atoms with E-state index in [2.05, 4.69) is 0 Å². The van der Waals surface area contributed by atoms with Crippen molar-refractivity contribution in [2.45, 2.75) is 50.5 Å². The minimum Gasteiger partial charge on any atom is -0.279 e. The number of imide groups is 1. The van der Waals surface area contributed by atoms with Gasteiger partial charge in [-0.2, -0.15) is 0 Å². The molecule has 2 amide bonds. The van der Waals surface area contributed by atoms with Gasteiger partial charge in [0.25, 0.3) is 0 Å². The molecule has 4 heteroatoms. The highest BCUT2D eigenvalue weighted by molar-refractivity contribution is 6.30. The molecule has 1 saturated carbocycles. The fourth-order valence-corrected chi connectivity index (χ4v) is 3.46. The van der Waals surface area contributed by atoms with E-state index in [1.807, 2.05) is 12.1 Å². The first-order valence-corrected chi connectivity index (χ1v) is 7.66. The first kappa shape index (κ1) is 13.6. The number of likely N-dealkylation sites (tertiary alicyclic amines) is 1. The van der Waals surface area contributed by atoms with Gasteiger partial charge in [-0.1, -0.05) is 43.0 Å². The van der Waals surface area contributed by atoms with E-state index in [1.165, 1.54) is 6.42 Å². The summed E-state index contributed by atoms with van der Waals surface area (Å²) in [6, 6.07) is 7.38. The molecule has 1 unspecified atom stereocenters. The maximum absolute atomic E-state index is 12.6. The van der Waals surface area contributed by atoms with Crippen LogP contribution < -0.4 is 0 Å². The number of rotatable bonds is 2. The quantitative estimate of drug-likeness (QED) is 0.782. The number of benzene rings is 1. The van der Waals surface area contributed by atoms with Crippen molar-refractivity contribution in [3.63, 3.8) is 0 Å². The van der Waals surface area contributed by atoms with Gasteiger partial charge in [-0.25, -0.2) is 0 Å². The van der Waals surface area contributed by atoms with Gasteiger partial charge in [0.1, 0.15) is 0 Å². The predicted octanol–water partition coefficient (Wildman–Crippen LogP) is 3.52. The van der Waals surface area contributed by atoms with Crippen LogP contribution in [0, 0.1) is 0 Å². The third kappa shape index (κ3) is 2.47. The molecular formula is C16H18ClNO2. The van der Waals surface area contributed by atoms with Crippen LogP contribution in [-0.4, -0.2) is 22.8 Å². The van der Waals surface area contributed by atoms with Gasteiger partial charge in [0, 0.05) is 17.5 Å². The smallest absolute Gasteiger partial charge is 0.237 e. The fraction of sp³-hybridized carbons (Fsp3) is 0.500. The Balaban J connectivity index is 1.80. The van der Waals surface area contributed by atoms with Crippen molar-refractivity contribution in [2.24, 2.45) is 0 Å². The molecule has 1 saturated heterocycles. The van der Waals surface area contributed by atoms with E-state index in [1.54, 1.807) is 17.0 Å². The maximum atomic E-state index is 12.6. The second-order valence-corrected chi connectivity index (χ2v) is 6.14. The zero-order chi connectivity index (χ0) is 14.1. The van der Waals surface area contributed by atoms with Crippen LogP contribution in [0.25, 0.3) is 0 Å². The Labute approximate surface area is 123 Å². The molecule has 1 aliphatic carbocycles. The van der Waals surface area contributed by atoms with Crippen molar-refractivity contribution in [1.82, 2.24) is 4.90 Å². The minimum atomic E-state index is -0.318. The van der Waals surface area contributed by atoms with E-state index in [-0.39, 0.29) is 23.8 Å². The fourth-order valence-electron chi connectivity index (χ4n) is 3.33. The Morgan fingerprint density at radius 1 is 1.00 bits per heavy atom. The summed E-state index contributed by atoms with van der Waals surface area (Å²) in [5.41, 5.74) is 0.894. The Bertz CT molecular complexity index is 520. The monoisotopic (exact) mass is 291 g/mol. The standard InChI is InChI=1S/C16H18ClNO2/c17-12-8-6-11(7-9-12)14-10-15(19)18(16(14)20)13-4-2-1-3-5-13/h6-9,13-14H,1-5,10H2. The molecule has 1 aromatic carbocycles. The molecule has 0 spiro atoms. The Morgan fingerprint density at radius 3 is 2.30 bits per heavy atom. The highest BCUT2D eigenvalue weighted by atomic mass is 35.5. The maximum Gasteiger partial charge on any atom is 0.237 e. The van der Waals surface area contributed by atoms with Crippen LogP contribution in [0.3, 0.4) is 0 Å². The Hall–Kier alpha value is -1.35. The molecule has 1 atom stereocenters. The van der Waals surface area contributed by atoms with E-state index < -0.39 is 0 Å². The van der Waals surface area contributed by atoms with Crippen LogP contribution >= 0.6 is 11.6 Å². The van der Waals surface area contributed by atoms with Gasteiger partial charge in [0.15, 0.2) is 0 Å². The van der Waals surface area contributed by atoms with Gasteiger partial charge in [-0.05, 0) is 30.5 Å². The summed E-state index contributed by atoms with van der Waals surface area (Å²) in [5, 5.41) is 0.648. The number of halogens is 1. The zero-order valence-corrected chi connectivity index (χ0v) is 12.1. The molecule has 106 valence electrons. The second kappa shape index (κ2) is 5.57. The van der Waals surface area contributed by atoms with Gasteiger partial charge >= 0.3 is 0 Å². The highest BCUT2D eigenvalue weighted by Gasteiger charge is 2.42.